The summed E-state index contributed by atoms with van der Waals surface area (Å²) in [6.45, 7) is 3.20. The Kier molecular flexibility index (Phi) is 4.32. The van der Waals surface area contributed by atoms with Crippen molar-refractivity contribution in [2.75, 3.05) is 13.1 Å². The van der Waals surface area contributed by atoms with E-state index in [9.17, 15) is 8.42 Å². The number of aryl methyl sites for hydroxylation is 1. The van der Waals surface area contributed by atoms with Crippen LogP contribution in [0.5, 0.6) is 0 Å². The van der Waals surface area contributed by atoms with E-state index >= 15 is 0 Å². The van der Waals surface area contributed by atoms with Crippen LogP contribution in [0.2, 0.25) is 0 Å². The summed E-state index contributed by atoms with van der Waals surface area (Å²) in [6.07, 6.45) is 1.88. The molecule has 0 N–H and O–H groups in total. The van der Waals surface area contributed by atoms with Crippen molar-refractivity contribution in [2.45, 2.75) is 24.7 Å². The number of hydrogen-bond acceptors (Lipinski definition) is 2. The Morgan fingerprint density at radius 3 is 2.41 bits per heavy atom. The summed E-state index contributed by atoms with van der Waals surface area (Å²) in [7, 11) is -3.35. The van der Waals surface area contributed by atoms with E-state index in [4.69, 9.17) is 0 Å². The topological polar surface area (TPSA) is 37.4 Å². The molecule has 22 heavy (non-hydrogen) atoms. The molecule has 1 heterocycles. The number of benzene rings is 2. The van der Waals surface area contributed by atoms with Crippen LogP contribution in [-0.4, -0.2) is 25.8 Å². The minimum absolute atomic E-state index is 0.401. The summed E-state index contributed by atoms with van der Waals surface area (Å²) in [5.74, 6) is 0.405. The number of hydrogen-bond donors (Lipinski definition) is 0. The maximum Gasteiger partial charge on any atom is 0.243 e. The minimum atomic E-state index is -3.35. The highest BCUT2D eigenvalue weighted by Crippen LogP contribution is 2.26. The molecular formula is C18H21NO2S. The Morgan fingerprint density at radius 2 is 1.73 bits per heavy atom. The summed E-state index contributed by atoms with van der Waals surface area (Å²) in [4.78, 5) is 0.401. The van der Waals surface area contributed by atoms with Crippen molar-refractivity contribution in [1.29, 1.82) is 0 Å². The second kappa shape index (κ2) is 6.23. The first-order valence-corrected chi connectivity index (χ1v) is 9.10. The number of nitrogens with zero attached hydrogens (tertiary/aromatic N) is 1. The monoisotopic (exact) mass is 315 g/mol. The quantitative estimate of drug-likeness (QED) is 0.868. The van der Waals surface area contributed by atoms with Crippen LogP contribution in [0, 0.1) is 12.8 Å². The van der Waals surface area contributed by atoms with Gasteiger partial charge in [0.1, 0.15) is 0 Å². The molecule has 1 aliphatic rings. The lowest BCUT2D eigenvalue weighted by Gasteiger charge is -2.17. The molecule has 3 nitrogen and oxygen atoms in total. The lowest BCUT2D eigenvalue weighted by Crippen LogP contribution is -2.29. The molecule has 0 bridgehead atoms. The highest BCUT2D eigenvalue weighted by atomic mass is 32.2. The van der Waals surface area contributed by atoms with Crippen molar-refractivity contribution >= 4 is 10.0 Å². The van der Waals surface area contributed by atoms with Crippen LogP contribution >= 0.6 is 0 Å². The minimum Gasteiger partial charge on any atom is -0.207 e. The Morgan fingerprint density at radius 1 is 1.05 bits per heavy atom. The van der Waals surface area contributed by atoms with Gasteiger partial charge in [0.15, 0.2) is 0 Å². The third-order valence-corrected chi connectivity index (χ3v) is 6.15. The average molecular weight is 315 g/mol. The van der Waals surface area contributed by atoms with Crippen LogP contribution < -0.4 is 0 Å². The van der Waals surface area contributed by atoms with Crippen LogP contribution in [0.4, 0.5) is 0 Å². The zero-order chi connectivity index (χ0) is 15.6. The molecule has 0 spiro atoms. The molecule has 2 aromatic rings. The van der Waals surface area contributed by atoms with Gasteiger partial charge in [0.25, 0.3) is 0 Å². The van der Waals surface area contributed by atoms with Gasteiger partial charge < -0.3 is 0 Å². The zero-order valence-corrected chi connectivity index (χ0v) is 13.6. The molecule has 0 unspecified atom stereocenters. The van der Waals surface area contributed by atoms with Crippen molar-refractivity contribution in [3.8, 4) is 0 Å². The second-order valence-electron chi connectivity index (χ2n) is 6.02. The van der Waals surface area contributed by atoms with Gasteiger partial charge >= 0.3 is 0 Å². The van der Waals surface area contributed by atoms with Gasteiger partial charge in [-0.05, 0) is 43.4 Å². The standard InChI is InChI=1S/C18H21NO2S/c1-15-7-9-18(10-8-15)22(20,21)19-12-11-17(14-19)13-16-5-3-2-4-6-16/h2-10,17H,11-14H2,1H3/t17-/m0/s1. The van der Waals surface area contributed by atoms with Gasteiger partial charge in [0.05, 0.1) is 4.90 Å². The van der Waals surface area contributed by atoms with Gasteiger partial charge in [0.2, 0.25) is 10.0 Å². The van der Waals surface area contributed by atoms with Gasteiger partial charge in [0, 0.05) is 13.1 Å². The maximum atomic E-state index is 12.7. The van der Waals surface area contributed by atoms with Crippen LogP contribution in [0.15, 0.2) is 59.5 Å². The SMILES string of the molecule is Cc1ccc(S(=O)(=O)N2CC[C@@H](Cc3ccccc3)C2)cc1. The van der Waals surface area contributed by atoms with E-state index in [1.54, 1.807) is 16.4 Å². The maximum absolute atomic E-state index is 12.7. The smallest absolute Gasteiger partial charge is 0.207 e. The molecule has 4 heteroatoms. The van der Waals surface area contributed by atoms with E-state index in [1.165, 1.54) is 5.56 Å². The normalized spacial score (nSPS) is 19.4. The van der Waals surface area contributed by atoms with Crippen molar-refractivity contribution < 1.29 is 8.42 Å². The predicted molar refractivity (Wildman–Crippen MR) is 88.2 cm³/mol. The van der Waals surface area contributed by atoms with Gasteiger partial charge in [-0.1, -0.05) is 48.0 Å². The fraction of sp³-hybridized carbons (Fsp3) is 0.333. The molecule has 3 rings (SSSR count). The van der Waals surface area contributed by atoms with Gasteiger partial charge in [-0.3, -0.25) is 0 Å². The molecule has 0 amide bonds. The van der Waals surface area contributed by atoms with Crippen molar-refractivity contribution in [3.63, 3.8) is 0 Å². The van der Waals surface area contributed by atoms with Crippen molar-refractivity contribution in [2.24, 2.45) is 5.92 Å². The molecule has 116 valence electrons. The first kappa shape index (κ1) is 15.3. The fourth-order valence-electron chi connectivity index (χ4n) is 2.99. The third kappa shape index (κ3) is 3.23. The molecule has 0 aliphatic carbocycles. The lowest BCUT2D eigenvalue weighted by molar-refractivity contribution is 0.456. The van der Waals surface area contributed by atoms with Crippen molar-refractivity contribution in [3.05, 3.63) is 65.7 Å². The van der Waals surface area contributed by atoms with E-state index in [0.717, 1.165) is 18.4 Å². The summed E-state index contributed by atoms with van der Waals surface area (Å²) < 4.78 is 27.0. The van der Waals surface area contributed by atoms with Gasteiger partial charge in [-0.2, -0.15) is 4.31 Å². The average Bonchev–Trinajstić information content (AvgIpc) is 2.98. The van der Waals surface area contributed by atoms with Crippen LogP contribution in [-0.2, 0) is 16.4 Å². The van der Waals surface area contributed by atoms with E-state index in [1.807, 2.05) is 37.3 Å². The van der Waals surface area contributed by atoms with Crippen molar-refractivity contribution in [1.82, 2.24) is 4.31 Å². The van der Waals surface area contributed by atoms with Gasteiger partial charge in [-0.15, -0.1) is 0 Å². The molecule has 1 saturated heterocycles. The summed E-state index contributed by atoms with van der Waals surface area (Å²) in [5, 5.41) is 0. The van der Waals surface area contributed by atoms with Crippen LogP contribution in [0.1, 0.15) is 17.5 Å². The molecular weight excluding hydrogens is 294 g/mol. The number of rotatable bonds is 4. The second-order valence-corrected chi connectivity index (χ2v) is 7.96. The summed E-state index contributed by atoms with van der Waals surface area (Å²) in [5.41, 5.74) is 2.35. The zero-order valence-electron chi connectivity index (χ0n) is 12.8. The Hall–Kier alpha value is -1.65. The Labute approximate surface area is 132 Å². The summed E-state index contributed by atoms with van der Waals surface area (Å²) >= 11 is 0. The van der Waals surface area contributed by atoms with E-state index in [0.29, 0.717) is 23.9 Å². The molecule has 1 atom stereocenters. The molecule has 1 aliphatic heterocycles. The first-order chi connectivity index (χ1) is 10.6. The Bertz CT molecular complexity index is 723. The summed E-state index contributed by atoms with van der Waals surface area (Å²) in [6, 6.07) is 17.4. The highest BCUT2D eigenvalue weighted by Gasteiger charge is 2.32. The van der Waals surface area contributed by atoms with Gasteiger partial charge in [-0.25, -0.2) is 8.42 Å². The molecule has 2 aromatic carbocycles. The lowest BCUT2D eigenvalue weighted by atomic mass is 9.99. The fourth-order valence-corrected chi connectivity index (χ4v) is 4.52. The molecule has 0 radical (unpaired) electrons. The van der Waals surface area contributed by atoms with E-state index < -0.39 is 10.0 Å². The van der Waals surface area contributed by atoms with E-state index in [2.05, 4.69) is 12.1 Å². The van der Waals surface area contributed by atoms with Crippen LogP contribution in [0.25, 0.3) is 0 Å². The van der Waals surface area contributed by atoms with E-state index in [-0.39, 0.29) is 0 Å². The molecule has 1 fully saturated rings. The van der Waals surface area contributed by atoms with Crippen LogP contribution in [0.3, 0.4) is 0 Å². The first-order valence-electron chi connectivity index (χ1n) is 7.66. The molecule has 0 saturated carbocycles. The number of sulfonamides is 1. The largest absolute Gasteiger partial charge is 0.243 e. The third-order valence-electron chi connectivity index (χ3n) is 4.27. The Balaban J connectivity index is 1.70. The predicted octanol–water partition coefficient (Wildman–Crippen LogP) is 3.25. The molecule has 0 aromatic heterocycles. The highest BCUT2D eigenvalue weighted by molar-refractivity contribution is 7.89.